The summed E-state index contributed by atoms with van der Waals surface area (Å²) in [5.74, 6) is 1.64. The van der Waals surface area contributed by atoms with E-state index in [0.29, 0.717) is 5.41 Å². The lowest BCUT2D eigenvalue weighted by molar-refractivity contribution is 0.311. The third-order valence-electron chi connectivity index (χ3n) is 4.16. The van der Waals surface area contributed by atoms with Crippen molar-refractivity contribution in [3.05, 3.63) is 23.8 Å². The van der Waals surface area contributed by atoms with E-state index >= 15 is 0 Å². The maximum atomic E-state index is 5.45. The Bertz CT molecular complexity index is 411. The largest absolute Gasteiger partial charge is 0.493 e. The van der Waals surface area contributed by atoms with Crippen LogP contribution in [0.5, 0.6) is 11.5 Å². The van der Waals surface area contributed by atoms with Crippen LogP contribution in [0.4, 0.5) is 0 Å². The van der Waals surface area contributed by atoms with Crippen LogP contribution in [-0.4, -0.2) is 20.8 Å². The third kappa shape index (κ3) is 3.41. The maximum Gasteiger partial charge on any atom is 0.165 e. The van der Waals surface area contributed by atoms with Crippen molar-refractivity contribution in [1.29, 1.82) is 0 Å². The van der Waals surface area contributed by atoms with Gasteiger partial charge in [0.2, 0.25) is 0 Å². The van der Waals surface area contributed by atoms with E-state index in [0.717, 1.165) is 30.2 Å². The lowest BCUT2D eigenvalue weighted by atomic mass is 9.89. The van der Waals surface area contributed by atoms with E-state index in [1.54, 1.807) is 14.2 Å². The smallest absolute Gasteiger partial charge is 0.165 e. The number of hydrogen-bond acceptors (Lipinski definition) is 3. The number of benzene rings is 1. The monoisotopic (exact) mass is 263 g/mol. The fraction of sp³-hybridized carbons (Fsp3) is 0.625. The van der Waals surface area contributed by atoms with E-state index in [4.69, 9.17) is 9.47 Å². The first-order valence-corrected chi connectivity index (χ1v) is 7.09. The molecule has 0 unspecified atom stereocenters. The molecule has 1 aromatic carbocycles. The van der Waals surface area contributed by atoms with Crippen molar-refractivity contribution in [3.63, 3.8) is 0 Å². The van der Waals surface area contributed by atoms with Gasteiger partial charge in [0.05, 0.1) is 14.2 Å². The van der Waals surface area contributed by atoms with Gasteiger partial charge >= 0.3 is 0 Å². The summed E-state index contributed by atoms with van der Waals surface area (Å²) < 4.78 is 10.8. The molecular weight excluding hydrogens is 238 g/mol. The van der Waals surface area contributed by atoms with Crippen LogP contribution in [0.15, 0.2) is 18.2 Å². The van der Waals surface area contributed by atoms with Crippen LogP contribution in [-0.2, 0) is 6.54 Å². The van der Waals surface area contributed by atoms with Crippen LogP contribution in [0.2, 0.25) is 0 Å². The van der Waals surface area contributed by atoms with Crippen molar-refractivity contribution in [2.45, 2.75) is 39.2 Å². The van der Waals surface area contributed by atoms with E-state index in [1.165, 1.54) is 25.7 Å². The molecule has 3 heteroatoms. The molecule has 106 valence electrons. The molecule has 1 fully saturated rings. The number of para-hydroxylation sites is 1. The molecule has 0 radical (unpaired) electrons. The molecular formula is C16H25NO2. The Kier molecular flexibility index (Phi) is 4.70. The van der Waals surface area contributed by atoms with E-state index < -0.39 is 0 Å². The minimum atomic E-state index is 0.478. The first-order valence-electron chi connectivity index (χ1n) is 7.09. The zero-order valence-corrected chi connectivity index (χ0v) is 12.3. The van der Waals surface area contributed by atoms with Crippen molar-refractivity contribution in [2.75, 3.05) is 20.8 Å². The van der Waals surface area contributed by atoms with E-state index in [2.05, 4.69) is 18.3 Å². The Morgan fingerprint density at radius 1 is 1.16 bits per heavy atom. The number of rotatable bonds is 6. The van der Waals surface area contributed by atoms with Crippen molar-refractivity contribution in [3.8, 4) is 11.5 Å². The van der Waals surface area contributed by atoms with Gasteiger partial charge in [0.25, 0.3) is 0 Å². The van der Waals surface area contributed by atoms with E-state index in [9.17, 15) is 0 Å². The minimum Gasteiger partial charge on any atom is -0.493 e. The van der Waals surface area contributed by atoms with Gasteiger partial charge < -0.3 is 14.8 Å². The number of ether oxygens (including phenoxy) is 2. The molecule has 2 rings (SSSR count). The molecule has 0 spiro atoms. The van der Waals surface area contributed by atoms with Crippen LogP contribution in [0.1, 0.15) is 38.2 Å². The van der Waals surface area contributed by atoms with Crippen molar-refractivity contribution >= 4 is 0 Å². The van der Waals surface area contributed by atoms with Crippen LogP contribution in [0, 0.1) is 5.41 Å². The lowest BCUT2D eigenvalue weighted by Crippen LogP contribution is -2.29. The van der Waals surface area contributed by atoms with E-state index in [-0.39, 0.29) is 0 Å². The Hall–Kier alpha value is -1.22. The first-order chi connectivity index (χ1) is 9.18. The van der Waals surface area contributed by atoms with Crippen LogP contribution in [0.3, 0.4) is 0 Å². The molecule has 0 amide bonds. The average Bonchev–Trinajstić information content (AvgIpc) is 2.85. The number of hydrogen-bond donors (Lipinski definition) is 1. The maximum absolute atomic E-state index is 5.45. The van der Waals surface area contributed by atoms with Crippen molar-refractivity contribution in [1.82, 2.24) is 5.32 Å². The molecule has 0 aromatic heterocycles. The normalized spacial score (nSPS) is 17.4. The van der Waals surface area contributed by atoms with E-state index in [1.807, 2.05) is 12.1 Å². The minimum absolute atomic E-state index is 0.478. The first kappa shape index (κ1) is 14.2. The standard InChI is InChI=1S/C16H25NO2/c1-16(9-4-5-10-16)12-17-11-13-7-6-8-14(18-2)15(13)19-3/h6-8,17H,4-5,9-12H2,1-3H3. The fourth-order valence-corrected chi connectivity index (χ4v) is 3.00. The zero-order valence-electron chi connectivity index (χ0n) is 12.3. The van der Waals surface area contributed by atoms with Crippen LogP contribution >= 0.6 is 0 Å². The molecule has 0 bridgehead atoms. The molecule has 0 heterocycles. The lowest BCUT2D eigenvalue weighted by Gasteiger charge is -2.24. The predicted molar refractivity (Wildman–Crippen MR) is 77.8 cm³/mol. The second-order valence-corrected chi connectivity index (χ2v) is 5.77. The summed E-state index contributed by atoms with van der Waals surface area (Å²) in [5.41, 5.74) is 1.63. The third-order valence-corrected chi connectivity index (χ3v) is 4.16. The summed E-state index contributed by atoms with van der Waals surface area (Å²) in [6, 6.07) is 6.03. The van der Waals surface area contributed by atoms with Gasteiger partial charge in [-0.3, -0.25) is 0 Å². The van der Waals surface area contributed by atoms with Gasteiger partial charge in [0, 0.05) is 18.7 Å². The van der Waals surface area contributed by atoms with Gasteiger partial charge in [0.1, 0.15) is 0 Å². The molecule has 19 heavy (non-hydrogen) atoms. The van der Waals surface area contributed by atoms with Gasteiger partial charge in [-0.2, -0.15) is 0 Å². The summed E-state index contributed by atoms with van der Waals surface area (Å²) in [5, 5.41) is 3.57. The highest BCUT2D eigenvalue weighted by molar-refractivity contribution is 5.46. The second-order valence-electron chi connectivity index (χ2n) is 5.77. The van der Waals surface area contributed by atoms with Crippen molar-refractivity contribution in [2.24, 2.45) is 5.41 Å². The molecule has 0 atom stereocenters. The summed E-state index contributed by atoms with van der Waals surface area (Å²) in [6.45, 7) is 4.29. The predicted octanol–water partition coefficient (Wildman–Crippen LogP) is 3.37. The topological polar surface area (TPSA) is 30.5 Å². The molecule has 1 aliphatic rings. The molecule has 3 nitrogen and oxygen atoms in total. The highest BCUT2D eigenvalue weighted by Gasteiger charge is 2.27. The molecule has 0 saturated heterocycles. The Balaban J connectivity index is 1.95. The fourth-order valence-electron chi connectivity index (χ4n) is 3.00. The molecule has 0 aliphatic heterocycles. The molecule has 1 aliphatic carbocycles. The summed E-state index contributed by atoms with van der Waals surface area (Å²) in [4.78, 5) is 0. The van der Waals surface area contributed by atoms with Gasteiger partial charge in [-0.1, -0.05) is 31.9 Å². The quantitative estimate of drug-likeness (QED) is 0.853. The Morgan fingerprint density at radius 2 is 1.89 bits per heavy atom. The highest BCUT2D eigenvalue weighted by atomic mass is 16.5. The van der Waals surface area contributed by atoms with Gasteiger partial charge in [-0.15, -0.1) is 0 Å². The zero-order chi connectivity index (χ0) is 13.7. The SMILES string of the molecule is COc1cccc(CNCC2(C)CCCC2)c1OC. The van der Waals surface area contributed by atoms with Crippen LogP contribution < -0.4 is 14.8 Å². The second kappa shape index (κ2) is 6.29. The van der Waals surface area contributed by atoms with Gasteiger partial charge in [-0.25, -0.2) is 0 Å². The molecule has 1 aromatic rings. The van der Waals surface area contributed by atoms with Crippen LogP contribution in [0.25, 0.3) is 0 Å². The Morgan fingerprint density at radius 3 is 2.53 bits per heavy atom. The van der Waals surface area contributed by atoms with Gasteiger partial charge in [0.15, 0.2) is 11.5 Å². The number of nitrogens with one attached hydrogen (secondary N) is 1. The van der Waals surface area contributed by atoms with Crippen molar-refractivity contribution < 1.29 is 9.47 Å². The summed E-state index contributed by atoms with van der Waals surface area (Å²) in [6.07, 6.45) is 5.44. The highest BCUT2D eigenvalue weighted by Crippen LogP contribution is 2.37. The van der Waals surface area contributed by atoms with Gasteiger partial charge in [-0.05, 0) is 24.3 Å². The summed E-state index contributed by atoms with van der Waals surface area (Å²) in [7, 11) is 3.37. The molecule has 1 N–H and O–H groups in total. The molecule has 1 saturated carbocycles. The number of methoxy groups -OCH3 is 2. The average molecular weight is 263 g/mol. The Labute approximate surface area is 116 Å². The summed E-state index contributed by atoms with van der Waals surface area (Å²) >= 11 is 0.